The van der Waals surface area contributed by atoms with Gasteiger partial charge in [-0.25, -0.2) is 0 Å². The van der Waals surface area contributed by atoms with Crippen molar-refractivity contribution in [3.63, 3.8) is 0 Å². The van der Waals surface area contributed by atoms with Crippen LogP contribution in [0.25, 0.3) is 134 Å². The molecule has 16 rings (SSSR count). The monoisotopic (exact) mass is 2020 g/mol. The fourth-order valence-electron chi connectivity index (χ4n) is 10.9. The first-order chi connectivity index (χ1) is 46.9. The molecule has 0 atom stereocenters. The van der Waals surface area contributed by atoms with Crippen molar-refractivity contribution in [3.8, 4) is 134 Å². The molecule has 490 valence electrons. The minimum atomic E-state index is 0. The molecule has 0 aliphatic carbocycles. The van der Waals surface area contributed by atoms with Crippen LogP contribution >= 0.6 is 11.3 Å². The molecule has 4 heterocycles. The number of aromatic nitrogens is 9. The van der Waals surface area contributed by atoms with Crippen LogP contribution in [0.2, 0.25) is 0 Å². The zero-order valence-corrected chi connectivity index (χ0v) is 63.5. The largest absolute Gasteiger partial charge is 2.00 e. The first kappa shape index (κ1) is 73.7. The van der Waals surface area contributed by atoms with Crippen LogP contribution in [-0.4, -0.2) is 44.7 Å². The van der Waals surface area contributed by atoms with Crippen LogP contribution in [0, 0.1) is 31.2 Å². The van der Waals surface area contributed by atoms with Crippen molar-refractivity contribution in [1.82, 2.24) is 44.7 Å². The van der Waals surface area contributed by atoms with Crippen molar-refractivity contribution in [1.29, 1.82) is 0 Å². The Bertz CT molecular complexity index is 4880. The molecule has 0 amide bonds. The van der Waals surface area contributed by atoms with E-state index < -0.39 is 0 Å². The number of benzene rings is 12. The molecule has 0 fully saturated rings. The van der Waals surface area contributed by atoms with E-state index in [1.165, 1.54) is 44.5 Å². The maximum absolute atomic E-state index is 5.75. The van der Waals surface area contributed by atoms with Crippen LogP contribution in [0.1, 0.15) is 5.69 Å². The Morgan fingerprint density at radius 1 is 0.273 bits per heavy atom. The van der Waals surface area contributed by atoms with Gasteiger partial charge in [0.05, 0.1) is 28.0 Å². The van der Waals surface area contributed by atoms with E-state index in [-0.39, 0.29) is 84.3 Å². The zero-order valence-electron chi connectivity index (χ0n) is 53.6. The van der Waals surface area contributed by atoms with Crippen LogP contribution in [0.3, 0.4) is 0 Å². The summed E-state index contributed by atoms with van der Waals surface area (Å²) in [7, 11) is 4.05. The molecule has 15 heteroatoms. The summed E-state index contributed by atoms with van der Waals surface area (Å²) in [4.78, 5) is 4.77. The summed E-state index contributed by atoms with van der Waals surface area (Å²) >= 11 is 1.59. The van der Waals surface area contributed by atoms with E-state index in [1.54, 1.807) is 11.3 Å². The molecule has 0 N–H and O–H groups in total. The SMILES string of the molecule is Cc1nc(-c2[c-]cccc2)n(C)c1-c1ccc(-c2ccccc2)cc1.Cn1c(-c2[c-]cccc2)nnc1-c1ccc(-c2ccccc2)cc1.[Pt+2].[Pt+2].[Pt+2].[Pt+2].[c-]1ccccc1-c1nnc(-c2ccc(-c3ccccc3)cc2)o1.[c-]1ccccc1-c1nnc(-c2ccc(-c3ccccc3)cc2)s1. The quantitative estimate of drug-likeness (QED) is 0.111. The van der Waals surface area contributed by atoms with Crippen molar-refractivity contribution < 1.29 is 88.7 Å². The van der Waals surface area contributed by atoms with Gasteiger partial charge < -0.3 is 13.6 Å². The van der Waals surface area contributed by atoms with Gasteiger partial charge in [0.25, 0.3) is 0 Å². The molecule has 0 unspecified atom stereocenters. The van der Waals surface area contributed by atoms with Crippen molar-refractivity contribution in [2.45, 2.75) is 6.92 Å². The minimum Gasteiger partial charge on any atom is -0.464 e. The van der Waals surface area contributed by atoms with Crippen LogP contribution in [0.15, 0.2) is 320 Å². The first-order valence-corrected chi connectivity index (χ1v) is 31.8. The molecule has 0 spiro atoms. The second kappa shape index (κ2) is 36.3. The zero-order chi connectivity index (χ0) is 64.6. The summed E-state index contributed by atoms with van der Waals surface area (Å²) in [5, 5.41) is 27.3. The molecule has 99 heavy (non-hydrogen) atoms. The summed E-state index contributed by atoms with van der Waals surface area (Å²) in [6.45, 7) is 2.06. The van der Waals surface area contributed by atoms with Crippen molar-refractivity contribution in [2.24, 2.45) is 14.1 Å². The molecule has 0 radical (unpaired) electrons. The number of rotatable bonds is 12. The Labute approximate surface area is 639 Å². The number of hydrogen-bond acceptors (Lipinski definition) is 9. The fourth-order valence-corrected chi connectivity index (χ4v) is 11.7. The smallest absolute Gasteiger partial charge is 0.464 e. The Morgan fingerprint density at radius 3 is 1.04 bits per heavy atom. The standard InChI is InChI=1S/C23H19N2.C21H16N3.C20H13N2O.C20H13N2S.4Pt/c1-17-22(25(2)23(24-17)21-11-7-4-8-12-21)20-15-13-19(14-16-20)18-9-5-3-6-10-18;1-24-20(18-10-6-3-7-11-18)22-23-21(24)19-14-12-17(13-15-19)16-8-4-2-5-9-16;2*1-3-7-15(8-4-1)16-11-13-18(14-12-16)20-22-21-19(23-20)17-9-5-2-6-10-17;;;;/h3-11,13-16H,1-2H3;2-10,12-15H,1H3;2*1-9,11-14H;;;;/q4*-1;4*+2. The van der Waals surface area contributed by atoms with Gasteiger partial charge in [-0.15, -0.1) is 165 Å². The normalized spacial score (nSPS) is 10.3. The molecular formula is C84H61N9OPt4S+4. The van der Waals surface area contributed by atoms with Crippen molar-refractivity contribution in [3.05, 3.63) is 345 Å². The molecule has 0 saturated carbocycles. The molecular weight excluding hydrogens is 1960 g/mol. The molecule has 12 aromatic carbocycles. The van der Waals surface area contributed by atoms with Crippen LogP contribution in [0.4, 0.5) is 0 Å². The van der Waals surface area contributed by atoms with Gasteiger partial charge in [0.1, 0.15) is 5.01 Å². The van der Waals surface area contributed by atoms with E-state index in [9.17, 15) is 0 Å². The van der Waals surface area contributed by atoms with Crippen LogP contribution < -0.4 is 0 Å². The first-order valence-electron chi connectivity index (χ1n) is 31.0. The predicted molar refractivity (Wildman–Crippen MR) is 384 cm³/mol. The number of nitrogens with zero attached hydrogens (tertiary/aromatic N) is 9. The van der Waals surface area contributed by atoms with E-state index in [2.05, 4.69) is 243 Å². The average molecular weight is 2020 g/mol. The Balaban J connectivity index is 0.000000152. The van der Waals surface area contributed by atoms with Gasteiger partial charge in [-0.05, 0) is 69.1 Å². The summed E-state index contributed by atoms with van der Waals surface area (Å²) < 4.78 is 9.90. The maximum atomic E-state index is 5.75. The maximum Gasteiger partial charge on any atom is 2.00 e. The Morgan fingerprint density at radius 2 is 0.606 bits per heavy atom. The Hall–Kier alpha value is -9.56. The molecule has 0 bridgehead atoms. The van der Waals surface area contributed by atoms with Gasteiger partial charge in [0.2, 0.25) is 5.89 Å². The Kier molecular flexibility index (Phi) is 27.0. The fraction of sp³-hybridized carbons (Fsp3) is 0.0357. The van der Waals surface area contributed by atoms with Crippen LogP contribution in [-0.2, 0) is 98.4 Å². The van der Waals surface area contributed by atoms with E-state index in [4.69, 9.17) is 9.40 Å². The second-order valence-corrected chi connectivity index (χ2v) is 23.0. The number of hydrogen-bond donors (Lipinski definition) is 0. The van der Waals surface area contributed by atoms with Gasteiger partial charge in [0, 0.05) is 30.8 Å². The third kappa shape index (κ3) is 18.4. The topological polar surface area (TPSA) is 113 Å². The van der Waals surface area contributed by atoms with Crippen molar-refractivity contribution >= 4 is 11.3 Å². The predicted octanol–water partition coefficient (Wildman–Crippen LogP) is 20.3. The van der Waals surface area contributed by atoms with Gasteiger partial charge in [-0.1, -0.05) is 212 Å². The van der Waals surface area contributed by atoms with Crippen LogP contribution in [0.5, 0.6) is 0 Å². The van der Waals surface area contributed by atoms with Gasteiger partial charge in [-0.3, -0.25) is 4.98 Å². The molecule has 16 aromatic rings. The molecule has 0 saturated heterocycles. The number of imidazole rings is 1. The van der Waals surface area contributed by atoms with E-state index in [1.807, 2.05) is 157 Å². The summed E-state index contributed by atoms with van der Waals surface area (Å²) in [6, 6.07) is 119. The van der Waals surface area contributed by atoms with E-state index in [0.717, 1.165) is 83.4 Å². The summed E-state index contributed by atoms with van der Waals surface area (Å²) in [5.41, 5.74) is 19.8. The second-order valence-electron chi connectivity index (χ2n) is 22.0. The summed E-state index contributed by atoms with van der Waals surface area (Å²) in [6.07, 6.45) is 0. The average Bonchev–Trinajstić information content (AvgIpc) is 1.66. The molecule has 0 aliphatic rings. The molecule has 10 nitrogen and oxygen atoms in total. The third-order valence-electron chi connectivity index (χ3n) is 15.8. The van der Waals surface area contributed by atoms with Gasteiger partial charge in [0.15, 0.2) is 11.7 Å². The van der Waals surface area contributed by atoms with E-state index >= 15 is 0 Å². The number of aryl methyl sites for hydroxylation is 1. The third-order valence-corrected chi connectivity index (χ3v) is 16.8. The van der Waals surface area contributed by atoms with Gasteiger partial charge in [-0.2, -0.15) is 15.3 Å². The van der Waals surface area contributed by atoms with Gasteiger partial charge >= 0.3 is 84.3 Å². The van der Waals surface area contributed by atoms with Crippen molar-refractivity contribution in [2.75, 3.05) is 0 Å². The minimum absolute atomic E-state index is 0. The van der Waals surface area contributed by atoms with E-state index in [0.29, 0.717) is 11.8 Å². The molecule has 4 aromatic heterocycles. The molecule has 0 aliphatic heterocycles. The summed E-state index contributed by atoms with van der Waals surface area (Å²) in [5.74, 6) is 3.60.